The van der Waals surface area contributed by atoms with Crippen molar-refractivity contribution in [2.45, 2.75) is 82.5 Å². The molecule has 0 spiro atoms. The molecule has 3 aromatic rings. The molecule has 0 aliphatic heterocycles. The lowest BCUT2D eigenvalue weighted by atomic mass is 9.79. The summed E-state index contributed by atoms with van der Waals surface area (Å²) in [5.41, 5.74) is 2.11. The van der Waals surface area contributed by atoms with E-state index in [2.05, 4.69) is 25.7 Å². The summed E-state index contributed by atoms with van der Waals surface area (Å²) in [5.74, 6) is -3.41. The summed E-state index contributed by atoms with van der Waals surface area (Å²) in [5, 5.41) is 9.90. The van der Waals surface area contributed by atoms with Crippen LogP contribution in [-0.2, 0) is 9.53 Å². The number of imidazole rings is 1. The van der Waals surface area contributed by atoms with Crippen LogP contribution in [0.1, 0.15) is 86.0 Å². The third-order valence-corrected chi connectivity index (χ3v) is 7.88. The Morgan fingerprint density at radius 2 is 1.91 bits per heavy atom. The summed E-state index contributed by atoms with van der Waals surface area (Å²) in [6.07, 6.45) is -2.23. The van der Waals surface area contributed by atoms with Gasteiger partial charge in [0.05, 0.1) is 23.7 Å². The molecule has 2 amide bonds. The number of aromatic nitrogens is 4. The molecular formula is C29H35F5N6O3. The first kappa shape index (κ1) is 30.9. The van der Waals surface area contributed by atoms with Gasteiger partial charge in [-0.1, -0.05) is 6.07 Å². The van der Waals surface area contributed by atoms with Crippen molar-refractivity contribution >= 4 is 22.8 Å². The number of fused-ring (bicyclic) bond motifs is 1. The molecule has 2 heterocycles. The highest BCUT2D eigenvalue weighted by atomic mass is 19.3. The molecule has 0 bridgehead atoms. The summed E-state index contributed by atoms with van der Waals surface area (Å²) in [7, 11) is 0. The van der Waals surface area contributed by atoms with Gasteiger partial charge in [0.1, 0.15) is 30.3 Å². The molecule has 2 aliphatic rings. The predicted molar refractivity (Wildman–Crippen MR) is 147 cm³/mol. The van der Waals surface area contributed by atoms with Crippen molar-refractivity contribution in [3.05, 3.63) is 47.5 Å². The molecule has 3 N–H and O–H groups in total. The number of halogens is 5. The number of nitrogens with zero attached hydrogens (tertiary/aromatic N) is 3. The number of amides is 2. The first-order chi connectivity index (χ1) is 20.4. The Kier molecular flexibility index (Phi) is 9.04. The molecule has 0 radical (unpaired) electrons. The molecule has 9 nitrogen and oxygen atoms in total. The Morgan fingerprint density at radius 3 is 2.53 bits per heavy atom. The number of nitrogens with one attached hydrogen (secondary N) is 3. The van der Waals surface area contributed by atoms with Crippen molar-refractivity contribution in [1.29, 1.82) is 0 Å². The molecule has 0 saturated heterocycles. The van der Waals surface area contributed by atoms with E-state index in [4.69, 9.17) is 4.74 Å². The molecule has 5 rings (SSSR count). The molecule has 1 aromatic carbocycles. The molecule has 3 atom stereocenters. The van der Waals surface area contributed by atoms with E-state index in [1.165, 1.54) is 16.9 Å². The number of ether oxygens (including phenoxy) is 1. The Bertz CT molecular complexity index is 1430. The zero-order valence-corrected chi connectivity index (χ0v) is 23.8. The standard InChI is InChI=1S/C29H35F5N6O3/c1-15(2)40-22(7-8-35-40)28(42)38-21(14-43-23(13-30)26(31)32)27-36-19-6-5-18(10-20(19)37-27)25(17-3-4-17)39-24(41)9-16-11-29(33,34)12-16/h5-8,10,15-17,21,23,25-26H,3-4,9,11-14H2,1-2H3,(H,36,37)(H,38,42)(H,39,41)/t21-,23?,25+/m0/s1. The van der Waals surface area contributed by atoms with Crippen LogP contribution in [-0.4, -0.2) is 63.3 Å². The third-order valence-electron chi connectivity index (χ3n) is 7.88. The number of hydrogen-bond donors (Lipinski definition) is 3. The first-order valence-corrected chi connectivity index (χ1v) is 14.4. The minimum absolute atomic E-state index is 0.0465. The van der Waals surface area contributed by atoms with E-state index in [1.807, 2.05) is 26.0 Å². The Hall–Kier alpha value is -3.55. The van der Waals surface area contributed by atoms with Crippen molar-refractivity contribution < 1.29 is 36.3 Å². The maximum absolute atomic E-state index is 13.2. The second kappa shape index (κ2) is 12.6. The lowest BCUT2D eigenvalue weighted by molar-refractivity contribution is -0.134. The predicted octanol–water partition coefficient (Wildman–Crippen LogP) is 5.43. The van der Waals surface area contributed by atoms with Gasteiger partial charge in [0.15, 0.2) is 0 Å². The van der Waals surface area contributed by atoms with Gasteiger partial charge in [-0.15, -0.1) is 0 Å². The zero-order valence-electron chi connectivity index (χ0n) is 23.8. The molecule has 1 unspecified atom stereocenters. The highest BCUT2D eigenvalue weighted by molar-refractivity contribution is 5.92. The van der Waals surface area contributed by atoms with Gasteiger partial charge in [0, 0.05) is 31.5 Å². The largest absolute Gasteiger partial charge is 0.367 e. The average molecular weight is 611 g/mol. The maximum atomic E-state index is 13.2. The van der Waals surface area contributed by atoms with Crippen LogP contribution in [0.5, 0.6) is 0 Å². The van der Waals surface area contributed by atoms with Crippen LogP contribution in [0.15, 0.2) is 30.5 Å². The van der Waals surface area contributed by atoms with Crippen molar-refractivity contribution in [3.63, 3.8) is 0 Å². The Labute approximate surface area is 244 Å². The van der Waals surface area contributed by atoms with Gasteiger partial charge >= 0.3 is 0 Å². The van der Waals surface area contributed by atoms with Crippen LogP contribution in [0.25, 0.3) is 11.0 Å². The minimum Gasteiger partial charge on any atom is -0.367 e. The average Bonchev–Trinajstić information content (AvgIpc) is 3.47. The number of carbonyl (C=O) groups is 2. The summed E-state index contributed by atoms with van der Waals surface area (Å²) < 4.78 is 72.7. The fourth-order valence-electron chi connectivity index (χ4n) is 5.46. The lowest BCUT2D eigenvalue weighted by Gasteiger charge is -2.34. The highest BCUT2D eigenvalue weighted by Crippen LogP contribution is 2.45. The molecule has 2 aromatic heterocycles. The topological polar surface area (TPSA) is 114 Å². The third kappa shape index (κ3) is 7.34. The van der Waals surface area contributed by atoms with Crippen molar-refractivity contribution in [3.8, 4) is 0 Å². The maximum Gasteiger partial charge on any atom is 0.270 e. The number of carbonyl (C=O) groups excluding carboxylic acids is 2. The SMILES string of the molecule is CC(C)n1nccc1C(=O)N[C@@H](COC(CF)C(F)F)c1nc2ccc([C@H](NC(=O)CC3CC(F)(F)C3)C3CC3)cc2[nH]1. The Balaban J connectivity index is 1.35. The van der Waals surface area contributed by atoms with E-state index in [0.717, 1.165) is 18.4 Å². The molecule has 2 aliphatic carbocycles. The first-order valence-electron chi connectivity index (χ1n) is 14.4. The molecule has 234 valence electrons. The second-order valence-corrected chi connectivity index (χ2v) is 11.8. The van der Waals surface area contributed by atoms with Crippen molar-refractivity contribution in [1.82, 2.24) is 30.4 Å². The van der Waals surface area contributed by atoms with E-state index in [-0.39, 0.29) is 60.6 Å². The van der Waals surface area contributed by atoms with Gasteiger partial charge < -0.3 is 20.4 Å². The smallest absolute Gasteiger partial charge is 0.270 e. The van der Waals surface area contributed by atoms with E-state index in [0.29, 0.717) is 11.0 Å². The molecule has 2 saturated carbocycles. The van der Waals surface area contributed by atoms with Crippen LogP contribution in [0, 0.1) is 11.8 Å². The summed E-state index contributed by atoms with van der Waals surface area (Å²) in [6.45, 7) is 1.81. The minimum atomic E-state index is -3.06. The fraction of sp³-hybridized carbons (Fsp3) is 0.586. The van der Waals surface area contributed by atoms with E-state index in [1.54, 1.807) is 6.07 Å². The molecule has 43 heavy (non-hydrogen) atoms. The van der Waals surface area contributed by atoms with Crippen LogP contribution in [0.2, 0.25) is 0 Å². The number of rotatable bonds is 14. The van der Waals surface area contributed by atoms with Crippen molar-refractivity contribution in [2.75, 3.05) is 13.3 Å². The summed E-state index contributed by atoms with van der Waals surface area (Å²) in [4.78, 5) is 33.5. The highest BCUT2D eigenvalue weighted by Gasteiger charge is 2.46. The number of alkyl halides is 5. The van der Waals surface area contributed by atoms with Gasteiger partial charge in [0.25, 0.3) is 12.3 Å². The van der Waals surface area contributed by atoms with Crippen LogP contribution in [0.3, 0.4) is 0 Å². The van der Waals surface area contributed by atoms with Gasteiger partial charge in [-0.2, -0.15) is 5.10 Å². The summed E-state index contributed by atoms with van der Waals surface area (Å²) >= 11 is 0. The van der Waals surface area contributed by atoms with Crippen LogP contribution >= 0.6 is 0 Å². The van der Waals surface area contributed by atoms with Crippen LogP contribution in [0.4, 0.5) is 22.0 Å². The number of H-pyrrole nitrogens is 1. The van der Waals surface area contributed by atoms with E-state index in [9.17, 15) is 31.5 Å². The molecular weight excluding hydrogens is 575 g/mol. The number of hydrogen-bond acceptors (Lipinski definition) is 5. The molecule has 2 fully saturated rings. The van der Waals surface area contributed by atoms with Gasteiger partial charge in [-0.05, 0) is 62.3 Å². The van der Waals surface area contributed by atoms with Crippen molar-refractivity contribution in [2.24, 2.45) is 11.8 Å². The Morgan fingerprint density at radius 1 is 1.16 bits per heavy atom. The van der Waals surface area contributed by atoms with E-state index < -0.39 is 43.7 Å². The quantitative estimate of drug-likeness (QED) is 0.211. The van der Waals surface area contributed by atoms with Gasteiger partial charge in [-0.3, -0.25) is 14.3 Å². The van der Waals surface area contributed by atoms with Gasteiger partial charge in [-0.25, -0.2) is 26.9 Å². The zero-order chi connectivity index (χ0) is 30.9. The van der Waals surface area contributed by atoms with E-state index >= 15 is 0 Å². The van der Waals surface area contributed by atoms with Crippen LogP contribution < -0.4 is 10.6 Å². The second-order valence-electron chi connectivity index (χ2n) is 11.8. The fourth-order valence-corrected chi connectivity index (χ4v) is 5.46. The number of benzene rings is 1. The number of aromatic amines is 1. The summed E-state index contributed by atoms with van der Waals surface area (Å²) in [6, 6.07) is 5.40. The monoisotopic (exact) mass is 610 g/mol. The molecule has 14 heteroatoms. The lowest BCUT2D eigenvalue weighted by Crippen LogP contribution is -2.39. The van der Waals surface area contributed by atoms with Gasteiger partial charge in [0.2, 0.25) is 11.8 Å². The normalized spacial score (nSPS) is 18.9.